The molecule has 0 atom stereocenters. The lowest BCUT2D eigenvalue weighted by atomic mass is 10.1. The van der Waals surface area contributed by atoms with Gasteiger partial charge in [-0.1, -0.05) is 12.1 Å². The number of ether oxygens (including phenoxy) is 1. The molecule has 0 saturated heterocycles. The largest absolute Gasteiger partial charge is 0.478 e. The van der Waals surface area contributed by atoms with Gasteiger partial charge in [0.25, 0.3) is 0 Å². The summed E-state index contributed by atoms with van der Waals surface area (Å²) in [7, 11) is -1.64. The van der Waals surface area contributed by atoms with Gasteiger partial charge < -0.3 is 9.84 Å². The molecule has 0 fully saturated rings. The Morgan fingerprint density at radius 1 is 1.28 bits per heavy atom. The van der Waals surface area contributed by atoms with Crippen molar-refractivity contribution in [2.75, 3.05) is 19.5 Å². The maximum atomic E-state index is 11.7. The minimum atomic E-state index is -3.17. The predicted molar refractivity (Wildman–Crippen MR) is 67.4 cm³/mol. The van der Waals surface area contributed by atoms with Crippen LogP contribution in [-0.2, 0) is 20.3 Å². The maximum absolute atomic E-state index is 11.7. The van der Waals surface area contributed by atoms with Crippen LogP contribution in [0.3, 0.4) is 0 Å². The number of benzene rings is 1. The van der Waals surface area contributed by atoms with Crippen LogP contribution in [-0.4, -0.2) is 39.0 Å². The summed E-state index contributed by atoms with van der Waals surface area (Å²) >= 11 is 0. The van der Waals surface area contributed by atoms with Crippen LogP contribution in [0.2, 0.25) is 0 Å². The first-order chi connectivity index (χ1) is 8.44. The van der Waals surface area contributed by atoms with Crippen LogP contribution in [0.1, 0.15) is 22.3 Å². The SMILES string of the molecule is COCCCS(=O)(=O)Cc1ccc(C(=O)O)cc1. The van der Waals surface area contributed by atoms with Gasteiger partial charge in [-0.05, 0) is 24.1 Å². The van der Waals surface area contributed by atoms with Gasteiger partial charge >= 0.3 is 5.97 Å². The molecule has 1 aromatic carbocycles. The van der Waals surface area contributed by atoms with Crippen molar-refractivity contribution in [2.45, 2.75) is 12.2 Å². The van der Waals surface area contributed by atoms with Crippen LogP contribution >= 0.6 is 0 Å². The van der Waals surface area contributed by atoms with E-state index in [4.69, 9.17) is 9.84 Å². The van der Waals surface area contributed by atoms with E-state index in [1.807, 2.05) is 0 Å². The van der Waals surface area contributed by atoms with E-state index < -0.39 is 15.8 Å². The molecule has 6 heteroatoms. The van der Waals surface area contributed by atoms with Gasteiger partial charge in [-0.25, -0.2) is 13.2 Å². The summed E-state index contributed by atoms with van der Waals surface area (Å²) in [5, 5.41) is 8.72. The van der Waals surface area contributed by atoms with Crippen molar-refractivity contribution in [2.24, 2.45) is 0 Å². The number of hydrogen-bond donors (Lipinski definition) is 1. The molecular weight excluding hydrogens is 256 g/mol. The number of methoxy groups -OCH3 is 1. The van der Waals surface area contributed by atoms with E-state index in [1.165, 1.54) is 31.4 Å². The molecule has 0 spiro atoms. The Morgan fingerprint density at radius 3 is 2.39 bits per heavy atom. The highest BCUT2D eigenvalue weighted by molar-refractivity contribution is 7.90. The molecule has 1 N–H and O–H groups in total. The van der Waals surface area contributed by atoms with Gasteiger partial charge in [0.2, 0.25) is 0 Å². The van der Waals surface area contributed by atoms with Crippen molar-refractivity contribution in [3.8, 4) is 0 Å². The first kappa shape index (κ1) is 14.7. The summed E-state index contributed by atoms with van der Waals surface area (Å²) in [6.07, 6.45) is 0.464. The fraction of sp³-hybridized carbons (Fsp3) is 0.417. The van der Waals surface area contributed by atoms with Crippen molar-refractivity contribution in [1.29, 1.82) is 0 Å². The highest BCUT2D eigenvalue weighted by Crippen LogP contribution is 2.10. The van der Waals surface area contributed by atoms with E-state index in [2.05, 4.69) is 0 Å². The fourth-order valence-corrected chi connectivity index (χ4v) is 2.90. The second-order valence-electron chi connectivity index (χ2n) is 3.94. The third-order valence-electron chi connectivity index (χ3n) is 2.39. The standard InChI is InChI=1S/C12H16O5S/c1-17-7-2-8-18(15,16)9-10-3-5-11(6-4-10)12(13)14/h3-6H,2,7-9H2,1H3,(H,13,14). The molecule has 5 nitrogen and oxygen atoms in total. The highest BCUT2D eigenvalue weighted by Gasteiger charge is 2.12. The Balaban J connectivity index is 2.63. The molecule has 18 heavy (non-hydrogen) atoms. The number of carboxylic acids is 1. The lowest BCUT2D eigenvalue weighted by Gasteiger charge is -2.04. The highest BCUT2D eigenvalue weighted by atomic mass is 32.2. The molecule has 1 rings (SSSR count). The smallest absolute Gasteiger partial charge is 0.335 e. The minimum absolute atomic E-state index is 0.0710. The number of sulfone groups is 1. The number of carboxylic acid groups (broad SMARTS) is 1. The van der Waals surface area contributed by atoms with E-state index in [9.17, 15) is 13.2 Å². The predicted octanol–water partition coefficient (Wildman–Crippen LogP) is 1.34. The van der Waals surface area contributed by atoms with Gasteiger partial charge in [0, 0.05) is 13.7 Å². The molecule has 0 radical (unpaired) electrons. The fourth-order valence-electron chi connectivity index (χ4n) is 1.49. The second kappa shape index (κ2) is 6.51. The van der Waals surface area contributed by atoms with Gasteiger partial charge in [0.1, 0.15) is 0 Å². The average molecular weight is 272 g/mol. The van der Waals surface area contributed by atoms with Crippen LogP contribution in [0.25, 0.3) is 0 Å². The average Bonchev–Trinajstić information content (AvgIpc) is 2.29. The Kier molecular flexibility index (Phi) is 5.30. The number of rotatable bonds is 7. The Bertz CT molecular complexity index is 490. The molecule has 0 unspecified atom stereocenters. The van der Waals surface area contributed by atoms with E-state index >= 15 is 0 Å². The molecule has 0 heterocycles. The molecule has 100 valence electrons. The molecule has 0 aliphatic heterocycles. The van der Waals surface area contributed by atoms with Crippen molar-refractivity contribution >= 4 is 15.8 Å². The molecule has 0 amide bonds. The zero-order chi connectivity index (χ0) is 13.6. The van der Waals surface area contributed by atoms with E-state index in [0.29, 0.717) is 18.6 Å². The van der Waals surface area contributed by atoms with Crippen molar-refractivity contribution < 1.29 is 23.1 Å². The van der Waals surface area contributed by atoms with Gasteiger partial charge in [-0.3, -0.25) is 0 Å². The summed E-state index contributed by atoms with van der Waals surface area (Å²) in [5.74, 6) is -1.03. The van der Waals surface area contributed by atoms with Crippen LogP contribution < -0.4 is 0 Å². The van der Waals surface area contributed by atoms with Gasteiger partial charge in [0.05, 0.1) is 17.1 Å². The minimum Gasteiger partial charge on any atom is -0.478 e. The molecular formula is C12H16O5S. The first-order valence-corrected chi connectivity index (χ1v) is 7.28. The lowest BCUT2D eigenvalue weighted by Crippen LogP contribution is -2.11. The first-order valence-electron chi connectivity index (χ1n) is 5.46. The summed E-state index contributed by atoms with van der Waals surface area (Å²) in [6.45, 7) is 0.414. The Hall–Kier alpha value is -1.40. The van der Waals surface area contributed by atoms with Crippen LogP contribution in [0.15, 0.2) is 24.3 Å². The van der Waals surface area contributed by atoms with Crippen LogP contribution in [0.4, 0.5) is 0 Å². The molecule has 0 aliphatic rings. The van der Waals surface area contributed by atoms with Crippen LogP contribution in [0, 0.1) is 0 Å². The summed E-state index contributed by atoms with van der Waals surface area (Å²) in [6, 6.07) is 5.86. The van der Waals surface area contributed by atoms with Crippen molar-refractivity contribution in [3.63, 3.8) is 0 Å². The molecule has 0 aliphatic carbocycles. The Labute approximate surface area is 106 Å². The zero-order valence-corrected chi connectivity index (χ0v) is 10.9. The summed E-state index contributed by atoms with van der Waals surface area (Å²) < 4.78 is 28.2. The van der Waals surface area contributed by atoms with Crippen molar-refractivity contribution in [3.05, 3.63) is 35.4 Å². The van der Waals surface area contributed by atoms with Crippen LogP contribution in [0.5, 0.6) is 0 Å². The lowest BCUT2D eigenvalue weighted by molar-refractivity contribution is 0.0697. The molecule has 0 saturated carbocycles. The second-order valence-corrected chi connectivity index (χ2v) is 6.12. The van der Waals surface area contributed by atoms with E-state index in [1.54, 1.807) is 0 Å². The van der Waals surface area contributed by atoms with Gasteiger partial charge in [-0.15, -0.1) is 0 Å². The normalized spacial score (nSPS) is 11.4. The Morgan fingerprint density at radius 2 is 1.89 bits per heavy atom. The van der Waals surface area contributed by atoms with E-state index in [-0.39, 0.29) is 17.1 Å². The number of carbonyl (C=O) groups is 1. The van der Waals surface area contributed by atoms with E-state index in [0.717, 1.165) is 0 Å². The van der Waals surface area contributed by atoms with Crippen molar-refractivity contribution in [1.82, 2.24) is 0 Å². The number of aromatic carboxylic acids is 1. The molecule has 0 bridgehead atoms. The maximum Gasteiger partial charge on any atom is 0.335 e. The monoisotopic (exact) mass is 272 g/mol. The summed E-state index contributed by atoms with van der Waals surface area (Å²) in [5.41, 5.74) is 0.743. The van der Waals surface area contributed by atoms with Gasteiger partial charge in [0.15, 0.2) is 9.84 Å². The quantitative estimate of drug-likeness (QED) is 0.757. The molecule has 1 aromatic rings. The topological polar surface area (TPSA) is 80.7 Å². The third-order valence-corrected chi connectivity index (χ3v) is 4.08. The number of hydrogen-bond acceptors (Lipinski definition) is 4. The van der Waals surface area contributed by atoms with Gasteiger partial charge in [-0.2, -0.15) is 0 Å². The summed E-state index contributed by atoms with van der Waals surface area (Å²) in [4.78, 5) is 10.6. The molecule has 0 aromatic heterocycles. The zero-order valence-electron chi connectivity index (χ0n) is 10.1. The third kappa shape index (κ3) is 4.85.